The molecule has 0 saturated carbocycles. The summed E-state index contributed by atoms with van der Waals surface area (Å²) in [6, 6.07) is 18.1. The first-order chi connectivity index (χ1) is 9.68. The van der Waals surface area contributed by atoms with Crippen LogP contribution in [0.3, 0.4) is 0 Å². The van der Waals surface area contributed by atoms with E-state index in [9.17, 15) is 14.7 Å². The van der Waals surface area contributed by atoms with Crippen LogP contribution in [0, 0.1) is 0 Å². The topological polar surface area (TPSA) is 54.4 Å². The number of thioether (sulfide) groups is 1. The molecule has 0 fully saturated rings. The number of aliphatic carboxylic acids is 1. The van der Waals surface area contributed by atoms with Crippen LogP contribution in [0.15, 0.2) is 60.7 Å². The third kappa shape index (κ3) is 3.71. The van der Waals surface area contributed by atoms with Crippen molar-refractivity contribution in [2.24, 2.45) is 0 Å². The van der Waals surface area contributed by atoms with Crippen LogP contribution in [0.1, 0.15) is 17.0 Å². The highest BCUT2D eigenvalue weighted by Crippen LogP contribution is 2.25. The van der Waals surface area contributed by atoms with Gasteiger partial charge in [0.25, 0.3) is 0 Å². The van der Waals surface area contributed by atoms with Gasteiger partial charge >= 0.3 is 5.97 Å². The molecule has 0 aromatic heterocycles. The highest BCUT2D eigenvalue weighted by Gasteiger charge is 2.28. The molecule has 1 atom stereocenters. The van der Waals surface area contributed by atoms with Crippen molar-refractivity contribution in [1.82, 2.24) is 0 Å². The summed E-state index contributed by atoms with van der Waals surface area (Å²) in [6.07, 6.45) is 0. The number of hydrogen-bond acceptors (Lipinski definition) is 3. The molecular weight excluding hydrogens is 272 g/mol. The van der Waals surface area contributed by atoms with Crippen LogP contribution < -0.4 is 0 Å². The molecule has 0 bridgehead atoms. The van der Waals surface area contributed by atoms with Gasteiger partial charge in [-0.3, -0.25) is 9.59 Å². The highest BCUT2D eigenvalue weighted by atomic mass is 32.2. The van der Waals surface area contributed by atoms with Crippen molar-refractivity contribution in [2.45, 2.75) is 11.7 Å². The molecule has 0 spiro atoms. The number of benzene rings is 2. The van der Waals surface area contributed by atoms with Gasteiger partial charge in [-0.1, -0.05) is 72.4 Å². The maximum absolute atomic E-state index is 12.1. The van der Waals surface area contributed by atoms with E-state index in [-0.39, 0.29) is 5.12 Å². The number of carboxylic acid groups (broad SMARTS) is 1. The summed E-state index contributed by atoms with van der Waals surface area (Å²) in [4.78, 5) is 23.5. The Bertz CT molecular complexity index is 581. The first-order valence-corrected chi connectivity index (χ1v) is 7.15. The van der Waals surface area contributed by atoms with Crippen molar-refractivity contribution in [3.8, 4) is 0 Å². The fourth-order valence-corrected chi connectivity index (χ4v) is 2.74. The molecule has 0 aliphatic carbocycles. The lowest BCUT2D eigenvalue weighted by Crippen LogP contribution is -2.19. The first-order valence-electron chi connectivity index (χ1n) is 6.17. The zero-order chi connectivity index (χ0) is 14.4. The maximum atomic E-state index is 12.1. The van der Waals surface area contributed by atoms with Crippen LogP contribution in [0.4, 0.5) is 0 Å². The average Bonchev–Trinajstić information content (AvgIpc) is 2.47. The minimum atomic E-state index is -1.11. The summed E-state index contributed by atoms with van der Waals surface area (Å²) >= 11 is 1.04. The molecule has 0 radical (unpaired) electrons. The Morgan fingerprint density at radius 2 is 1.50 bits per heavy atom. The summed E-state index contributed by atoms with van der Waals surface area (Å²) in [5, 5.41) is 8.92. The van der Waals surface area contributed by atoms with E-state index in [4.69, 9.17) is 0 Å². The van der Waals surface area contributed by atoms with E-state index >= 15 is 0 Å². The van der Waals surface area contributed by atoms with E-state index in [2.05, 4.69) is 0 Å². The van der Waals surface area contributed by atoms with E-state index in [1.54, 1.807) is 30.3 Å². The second-order valence-corrected chi connectivity index (χ2v) is 5.25. The van der Waals surface area contributed by atoms with Gasteiger partial charge in [-0.25, -0.2) is 0 Å². The summed E-state index contributed by atoms with van der Waals surface area (Å²) in [6.45, 7) is 0. The van der Waals surface area contributed by atoms with Gasteiger partial charge in [-0.15, -0.1) is 0 Å². The first kappa shape index (κ1) is 14.3. The Kier molecular flexibility index (Phi) is 4.96. The molecule has 3 nitrogen and oxygen atoms in total. The maximum Gasteiger partial charge on any atom is 0.319 e. The number of carbonyl (C=O) groups excluding carboxylic acids is 1. The van der Waals surface area contributed by atoms with Crippen molar-refractivity contribution >= 4 is 22.8 Å². The van der Waals surface area contributed by atoms with Gasteiger partial charge in [0, 0.05) is 5.75 Å². The van der Waals surface area contributed by atoms with Crippen LogP contribution in [0.2, 0.25) is 0 Å². The lowest BCUT2D eigenvalue weighted by molar-refractivity contribution is -0.140. The Hall–Kier alpha value is -2.07. The molecule has 0 heterocycles. The zero-order valence-electron chi connectivity index (χ0n) is 10.7. The van der Waals surface area contributed by atoms with E-state index < -0.39 is 11.9 Å². The smallest absolute Gasteiger partial charge is 0.319 e. The molecule has 102 valence electrons. The fraction of sp³-hybridized carbons (Fsp3) is 0.125. The number of carbonyl (C=O) groups is 2. The van der Waals surface area contributed by atoms with E-state index in [1.165, 1.54) is 0 Å². The third-order valence-electron chi connectivity index (χ3n) is 2.84. The summed E-state index contributed by atoms with van der Waals surface area (Å²) < 4.78 is 0. The van der Waals surface area contributed by atoms with Crippen LogP contribution in [0.5, 0.6) is 0 Å². The monoisotopic (exact) mass is 286 g/mol. The zero-order valence-corrected chi connectivity index (χ0v) is 11.5. The van der Waals surface area contributed by atoms with E-state index in [1.807, 2.05) is 30.3 Å². The van der Waals surface area contributed by atoms with Crippen LogP contribution >= 0.6 is 11.8 Å². The van der Waals surface area contributed by atoms with Crippen molar-refractivity contribution in [2.75, 3.05) is 0 Å². The molecule has 1 unspecified atom stereocenters. The fourth-order valence-electron chi connectivity index (χ4n) is 1.84. The van der Waals surface area contributed by atoms with Crippen LogP contribution in [0.25, 0.3) is 0 Å². The normalized spacial score (nSPS) is 11.8. The van der Waals surface area contributed by atoms with Crippen molar-refractivity contribution in [3.05, 3.63) is 71.8 Å². The van der Waals surface area contributed by atoms with Crippen molar-refractivity contribution in [1.29, 1.82) is 0 Å². The lowest BCUT2D eigenvalue weighted by Gasteiger charge is -2.11. The number of hydrogen-bond donors (Lipinski definition) is 1. The minimum Gasteiger partial charge on any atom is -0.480 e. The van der Waals surface area contributed by atoms with E-state index in [0.717, 1.165) is 17.3 Å². The largest absolute Gasteiger partial charge is 0.480 e. The summed E-state index contributed by atoms with van der Waals surface area (Å²) in [5.74, 6) is -1.73. The number of carboxylic acids is 1. The summed E-state index contributed by atoms with van der Waals surface area (Å²) in [5.41, 5.74) is 1.52. The van der Waals surface area contributed by atoms with Crippen LogP contribution in [-0.4, -0.2) is 16.2 Å². The second kappa shape index (κ2) is 6.91. The SMILES string of the molecule is O=C(O)C(C(=O)SCc1ccccc1)c1ccccc1. The molecule has 4 heteroatoms. The quantitative estimate of drug-likeness (QED) is 0.857. The predicted molar refractivity (Wildman–Crippen MR) is 79.6 cm³/mol. The van der Waals surface area contributed by atoms with Crippen molar-refractivity contribution in [3.63, 3.8) is 0 Å². The molecule has 2 rings (SSSR count). The number of rotatable bonds is 5. The van der Waals surface area contributed by atoms with Gasteiger partial charge in [-0.2, -0.15) is 0 Å². The molecule has 0 aliphatic heterocycles. The molecular formula is C16H14O3S. The second-order valence-electron chi connectivity index (χ2n) is 4.28. The molecule has 0 saturated heterocycles. The standard InChI is InChI=1S/C16H14O3S/c17-15(18)14(13-9-5-2-6-10-13)16(19)20-11-12-7-3-1-4-8-12/h1-10,14H,11H2,(H,17,18). The van der Waals surface area contributed by atoms with Gasteiger partial charge in [0.05, 0.1) is 0 Å². The van der Waals surface area contributed by atoms with Gasteiger partial charge in [0.1, 0.15) is 0 Å². The van der Waals surface area contributed by atoms with E-state index in [0.29, 0.717) is 11.3 Å². The minimum absolute atomic E-state index is 0.340. The Morgan fingerprint density at radius 1 is 0.950 bits per heavy atom. The highest BCUT2D eigenvalue weighted by molar-refractivity contribution is 8.13. The third-order valence-corrected chi connectivity index (χ3v) is 3.84. The molecule has 20 heavy (non-hydrogen) atoms. The van der Waals surface area contributed by atoms with Gasteiger partial charge in [0.2, 0.25) is 5.12 Å². The Labute approximate surface area is 121 Å². The van der Waals surface area contributed by atoms with Gasteiger partial charge in [0.15, 0.2) is 5.92 Å². The molecule has 0 amide bonds. The Morgan fingerprint density at radius 3 is 2.05 bits per heavy atom. The van der Waals surface area contributed by atoms with Gasteiger partial charge < -0.3 is 5.11 Å². The molecule has 2 aromatic rings. The van der Waals surface area contributed by atoms with Crippen molar-refractivity contribution < 1.29 is 14.7 Å². The molecule has 2 aromatic carbocycles. The predicted octanol–water partition coefficient (Wildman–Crippen LogP) is 3.31. The van der Waals surface area contributed by atoms with Crippen LogP contribution in [-0.2, 0) is 15.3 Å². The average molecular weight is 286 g/mol. The molecule has 0 aliphatic rings. The van der Waals surface area contributed by atoms with Gasteiger partial charge in [-0.05, 0) is 11.1 Å². The Balaban J connectivity index is 2.07. The summed E-state index contributed by atoms with van der Waals surface area (Å²) in [7, 11) is 0. The lowest BCUT2D eigenvalue weighted by atomic mass is 10.0. The molecule has 1 N–H and O–H groups in total.